The number of nitrogens with one attached hydrogen (secondary N) is 2. The largest absolute Gasteiger partial charge is 0.403 e. The monoisotopic (exact) mass is 337 g/mol. The lowest BCUT2D eigenvalue weighted by Crippen LogP contribution is -2.57. The van der Waals surface area contributed by atoms with Crippen molar-refractivity contribution >= 4 is 11.9 Å². The molecule has 1 fully saturated rings. The van der Waals surface area contributed by atoms with Gasteiger partial charge in [0.25, 0.3) is 0 Å². The zero-order valence-electron chi connectivity index (χ0n) is 14.1. The number of halogens is 3. The van der Waals surface area contributed by atoms with Crippen molar-refractivity contribution in [3.8, 4) is 0 Å². The number of guanidine groups is 1. The Bertz CT molecular complexity index is 417. The lowest BCUT2D eigenvalue weighted by Gasteiger charge is -2.39. The number of aliphatic imine (C=N–C) groups is 1. The third kappa shape index (κ3) is 6.25. The van der Waals surface area contributed by atoms with Crippen LogP contribution < -0.4 is 10.6 Å². The van der Waals surface area contributed by atoms with E-state index in [-0.39, 0.29) is 18.5 Å². The summed E-state index contributed by atoms with van der Waals surface area (Å²) in [6.45, 7) is 6.49. The maximum atomic E-state index is 12.7. The molecule has 0 spiro atoms. The predicted octanol–water partition coefficient (Wildman–Crippen LogP) is 0.655. The molecule has 0 aromatic rings. The topological polar surface area (TPSA) is 60.0 Å². The smallest absolute Gasteiger partial charge is 0.352 e. The maximum absolute atomic E-state index is 12.7. The minimum Gasteiger partial charge on any atom is -0.352 e. The summed E-state index contributed by atoms with van der Waals surface area (Å²) in [5.41, 5.74) is 0. The van der Waals surface area contributed by atoms with Crippen molar-refractivity contribution in [1.29, 1.82) is 0 Å². The Hall–Kier alpha value is -1.51. The van der Waals surface area contributed by atoms with E-state index in [9.17, 15) is 18.0 Å². The minimum absolute atomic E-state index is 0.0544. The second-order valence-electron chi connectivity index (χ2n) is 5.86. The quantitative estimate of drug-likeness (QED) is 0.584. The summed E-state index contributed by atoms with van der Waals surface area (Å²) in [6, 6.07) is -1.39. The number of carbonyl (C=O) groups excluding carboxylic acids is 1. The summed E-state index contributed by atoms with van der Waals surface area (Å²) in [4.78, 5) is 19.0. The number of amides is 1. The van der Waals surface area contributed by atoms with Crippen LogP contribution in [-0.4, -0.2) is 79.7 Å². The fraction of sp³-hybridized carbons (Fsp3) is 0.857. The molecule has 1 aliphatic heterocycles. The van der Waals surface area contributed by atoms with Gasteiger partial charge >= 0.3 is 6.18 Å². The van der Waals surface area contributed by atoms with Crippen molar-refractivity contribution in [3.05, 3.63) is 0 Å². The zero-order valence-corrected chi connectivity index (χ0v) is 14.1. The maximum Gasteiger partial charge on any atom is 0.403 e. The van der Waals surface area contributed by atoms with Gasteiger partial charge in [0.05, 0.1) is 6.54 Å². The van der Waals surface area contributed by atoms with Gasteiger partial charge in [0.2, 0.25) is 5.91 Å². The van der Waals surface area contributed by atoms with Crippen molar-refractivity contribution in [2.75, 3.05) is 39.8 Å². The first kappa shape index (κ1) is 19.5. The number of piperazine rings is 1. The van der Waals surface area contributed by atoms with Crippen molar-refractivity contribution in [1.82, 2.24) is 20.4 Å². The third-order valence-electron chi connectivity index (χ3n) is 3.70. The number of rotatable bonds is 4. The Morgan fingerprint density at radius 3 is 2.17 bits per heavy atom. The highest BCUT2D eigenvalue weighted by Crippen LogP contribution is 2.25. The van der Waals surface area contributed by atoms with Gasteiger partial charge in [0.15, 0.2) is 5.96 Å². The molecule has 2 N–H and O–H groups in total. The molecule has 0 aromatic heterocycles. The fourth-order valence-corrected chi connectivity index (χ4v) is 2.39. The molecule has 1 unspecified atom stereocenters. The third-order valence-corrected chi connectivity index (χ3v) is 3.70. The minimum atomic E-state index is -4.21. The number of hydrogen-bond acceptors (Lipinski definition) is 3. The van der Waals surface area contributed by atoms with E-state index < -0.39 is 12.2 Å². The standard InChI is InChI=1S/C14H26F3N5O/c1-10(2)20-12(23)9-19-13(18-4)22-7-5-21(6-8-22)11(3)14(15,16)17/h10-11H,5-9H2,1-4H3,(H,18,19)(H,20,23). The first-order valence-corrected chi connectivity index (χ1v) is 7.71. The molecule has 0 aromatic carbocycles. The number of carbonyl (C=O) groups is 1. The highest BCUT2D eigenvalue weighted by atomic mass is 19.4. The Morgan fingerprint density at radius 1 is 1.17 bits per heavy atom. The Labute approximate surface area is 135 Å². The summed E-state index contributed by atoms with van der Waals surface area (Å²) >= 11 is 0. The molecule has 1 atom stereocenters. The van der Waals surface area contributed by atoms with Crippen LogP contribution in [0.15, 0.2) is 4.99 Å². The van der Waals surface area contributed by atoms with Gasteiger partial charge in [-0.2, -0.15) is 13.2 Å². The highest BCUT2D eigenvalue weighted by molar-refractivity contribution is 5.86. The highest BCUT2D eigenvalue weighted by Gasteiger charge is 2.41. The Balaban J connectivity index is 2.46. The van der Waals surface area contributed by atoms with Crippen LogP contribution in [0.2, 0.25) is 0 Å². The predicted molar refractivity (Wildman–Crippen MR) is 83.3 cm³/mol. The van der Waals surface area contributed by atoms with Crippen LogP contribution in [0, 0.1) is 0 Å². The van der Waals surface area contributed by atoms with E-state index in [1.165, 1.54) is 11.8 Å². The second-order valence-corrected chi connectivity index (χ2v) is 5.86. The summed E-state index contributed by atoms with van der Waals surface area (Å²) in [7, 11) is 1.59. The number of alkyl halides is 3. The Kier molecular flexibility index (Phi) is 7.11. The van der Waals surface area contributed by atoms with Gasteiger partial charge in [0, 0.05) is 39.3 Å². The second kappa shape index (κ2) is 8.37. The molecule has 1 heterocycles. The van der Waals surface area contributed by atoms with Crippen molar-refractivity contribution in [2.24, 2.45) is 4.99 Å². The van der Waals surface area contributed by atoms with E-state index >= 15 is 0 Å². The molecule has 23 heavy (non-hydrogen) atoms. The van der Waals surface area contributed by atoms with Crippen LogP contribution in [0.25, 0.3) is 0 Å². The van der Waals surface area contributed by atoms with E-state index in [1.807, 2.05) is 18.7 Å². The van der Waals surface area contributed by atoms with E-state index in [0.717, 1.165) is 0 Å². The van der Waals surface area contributed by atoms with Crippen molar-refractivity contribution in [3.63, 3.8) is 0 Å². The van der Waals surface area contributed by atoms with Crippen molar-refractivity contribution in [2.45, 2.75) is 39.0 Å². The van der Waals surface area contributed by atoms with Crippen molar-refractivity contribution < 1.29 is 18.0 Å². The average molecular weight is 337 g/mol. The fourth-order valence-electron chi connectivity index (χ4n) is 2.39. The van der Waals surface area contributed by atoms with E-state index in [0.29, 0.717) is 32.1 Å². The van der Waals surface area contributed by atoms with Gasteiger partial charge in [-0.1, -0.05) is 0 Å². The lowest BCUT2D eigenvalue weighted by molar-refractivity contribution is -0.181. The molecule has 9 heteroatoms. The van der Waals surface area contributed by atoms with Crippen LogP contribution in [-0.2, 0) is 4.79 Å². The Morgan fingerprint density at radius 2 is 1.74 bits per heavy atom. The van der Waals surface area contributed by atoms with Gasteiger partial charge in [-0.3, -0.25) is 14.7 Å². The lowest BCUT2D eigenvalue weighted by atomic mass is 10.2. The van der Waals surface area contributed by atoms with E-state index in [4.69, 9.17) is 0 Å². The first-order valence-electron chi connectivity index (χ1n) is 7.71. The van der Waals surface area contributed by atoms with Crippen LogP contribution in [0.4, 0.5) is 13.2 Å². The molecule has 1 aliphatic rings. The van der Waals surface area contributed by atoms with Crippen LogP contribution in [0.3, 0.4) is 0 Å². The van der Waals surface area contributed by atoms with Gasteiger partial charge in [-0.05, 0) is 20.8 Å². The summed E-state index contributed by atoms with van der Waals surface area (Å²) in [5, 5.41) is 5.70. The number of hydrogen-bond donors (Lipinski definition) is 2. The summed E-state index contributed by atoms with van der Waals surface area (Å²) < 4.78 is 38.2. The van der Waals surface area contributed by atoms with E-state index in [1.54, 1.807) is 7.05 Å². The average Bonchev–Trinajstić information content (AvgIpc) is 2.46. The van der Waals surface area contributed by atoms with Crippen LogP contribution in [0.5, 0.6) is 0 Å². The van der Waals surface area contributed by atoms with Crippen LogP contribution in [0.1, 0.15) is 20.8 Å². The van der Waals surface area contributed by atoms with Crippen LogP contribution >= 0.6 is 0 Å². The van der Waals surface area contributed by atoms with Gasteiger partial charge in [-0.25, -0.2) is 0 Å². The molecule has 1 saturated heterocycles. The van der Waals surface area contributed by atoms with E-state index in [2.05, 4.69) is 15.6 Å². The van der Waals surface area contributed by atoms with Gasteiger partial charge < -0.3 is 15.5 Å². The molecule has 6 nitrogen and oxygen atoms in total. The molecule has 0 bridgehead atoms. The molecule has 0 radical (unpaired) electrons. The SMILES string of the molecule is CN=C(NCC(=O)NC(C)C)N1CCN(C(C)C(F)(F)F)CC1. The molecular weight excluding hydrogens is 311 g/mol. The molecule has 134 valence electrons. The first-order chi connectivity index (χ1) is 10.6. The molecule has 0 saturated carbocycles. The molecular formula is C14H26F3N5O. The normalized spacial score (nSPS) is 19.0. The molecule has 0 aliphatic carbocycles. The molecule has 1 rings (SSSR count). The molecule has 1 amide bonds. The van der Waals surface area contributed by atoms with Gasteiger partial charge in [0.1, 0.15) is 6.04 Å². The van der Waals surface area contributed by atoms with Gasteiger partial charge in [-0.15, -0.1) is 0 Å². The number of nitrogens with zero attached hydrogens (tertiary/aromatic N) is 3. The summed E-state index contributed by atoms with van der Waals surface area (Å²) in [5.74, 6) is 0.383. The summed E-state index contributed by atoms with van der Waals surface area (Å²) in [6.07, 6.45) is -4.21. The zero-order chi connectivity index (χ0) is 17.6.